The number of benzene rings is 3. The van der Waals surface area contributed by atoms with E-state index in [4.69, 9.17) is 0 Å². The summed E-state index contributed by atoms with van der Waals surface area (Å²) in [6.45, 7) is 0. The monoisotopic (exact) mass is 395 g/mol. The van der Waals surface area contributed by atoms with Crippen LogP contribution in [0.3, 0.4) is 0 Å². The van der Waals surface area contributed by atoms with Gasteiger partial charge in [-0.05, 0) is 29.0 Å². The first kappa shape index (κ1) is 16.9. The quantitative estimate of drug-likeness (QED) is 0.403. The van der Waals surface area contributed by atoms with E-state index < -0.39 is 11.8 Å². The normalized spacial score (nSPS) is 10.8. The van der Waals surface area contributed by atoms with Crippen molar-refractivity contribution in [3.8, 4) is 0 Å². The molecule has 0 radical (unpaired) electrons. The van der Waals surface area contributed by atoms with Gasteiger partial charge in [-0.1, -0.05) is 64.5 Å². The minimum absolute atomic E-state index is 0.521. The zero-order valence-corrected chi connectivity index (χ0v) is 14.7. The number of nitrogens with one attached hydrogen (secondary N) is 2. The molecule has 124 valence electrons. The van der Waals surface area contributed by atoms with Crippen LogP contribution in [-0.2, 0) is 9.59 Å². The van der Waals surface area contributed by atoms with E-state index in [2.05, 4.69) is 31.8 Å². The standard InChI is InChI=1S/C19H14BrN3O2/c20-15-8-4-9-16(11-15)22-18(24)19(25)23-21-12-14-7-3-6-13-5-1-2-10-17(13)14/h1-12H,(H,22,24)(H,23,25)/b21-12-. The Kier molecular flexibility index (Phi) is 5.20. The molecule has 3 rings (SSSR count). The molecule has 0 bridgehead atoms. The lowest BCUT2D eigenvalue weighted by Gasteiger charge is -2.04. The highest BCUT2D eigenvalue weighted by Crippen LogP contribution is 2.17. The van der Waals surface area contributed by atoms with Crippen molar-refractivity contribution in [1.82, 2.24) is 5.43 Å². The van der Waals surface area contributed by atoms with E-state index in [1.165, 1.54) is 6.21 Å². The molecule has 2 amide bonds. The summed E-state index contributed by atoms with van der Waals surface area (Å²) in [6.07, 6.45) is 1.52. The highest BCUT2D eigenvalue weighted by atomic mass is 79.9. The second kappa shape index (κ2) is 7.72. The maximum Gasteiger partial charge on any atom is 0.329 e. The molecule has 0 unspecified atom stereocenters. The first-order chi connectivity index (χ1) is 12.1. The maximum atomic E-state index is 11.9. The molecule has 0 saturated carbocycles. The second-order valence-electron chi connectivity index (χ2n) is 5.23. The van der Waals surface area contributed by atoms with Crippen LogP contribution < -0.4 is 10.7 Å². The van der Waals surface area contributed by atoms with Crippen molar-refractivity contribution in [2.24, 2.45) is 5.10 Å². The van der Waals surface area contributed by atoms with Crippen molar-refractivity contribution in [2.75, 3.05) is 5.32 Å². The molecule has 0 saturated heterocycles. The van der Waals surface area contributed by atoms with Crippen LogP contribution in [0, 0.1) is 0 Å². The number of halogens is 1. The van der Waals surface area contributed by atoms with Gasteiger partial charge in [0.25, 0.3) is 0 Å². The Hall–Kier alpha value is -2.99. The summed E-state index contributed by atoms with van der Waals surface area (Å²) in [5.74, 6) is -1.62. The molecule has 0 aliphatic rings. The third-order valence-corrected chi connectivity index (χ3v) is 3.98. The van der Waals surface area contributed by atoms with Gasteiger partial charge in [-0.15, -0.1) is 0 Å². The van der Waals surface area contributed by atoms with Crippen LogP contribution in [0.15, 0.2) is 76.3 Å². The Morgan fingerprint density at radius 2 is 1.68 bits per heavy atom. The summed E-state index contributed by atoms with van der Waals surface area (Å²) < 4.78 is 0.805. The van der Waals surface area contributed by atoms with Crippen LogP contribution in [0.5, 0.6) is 0 Å². The van der Waals surface area contributed by atoms with Crippen molar-refractivity contribution >= 4 is 50.4 Å². The average Bonchev–Trinajstić information content (AvgIpc) is 2.62. The molecule has 0 aliphatic heterocycles. The summed E-state index contributed by atoms with van der Waals surface area (Å²) >= 11 is 3.30. The largest absolute Gasteiger partial charge is 0.329 e. The molecule has 3 aromatic carbocycles. The third kappa shape index (κ3) is 4.30. The van der Waals surface area contributed by atoms with Crippen molar-refractivity contribution < 1.29 is 9.59 Å². The van der Waals surface area contributed by atoms with Crippen molar-refractivity contribution in [1.29, 1.82) is 0 Å². The number of rotatable bonds is 3. The molecule has 3 aromatic rings. The van der Waals surface area contributed by atoms with Crippen LogP contribution in [0.2, 0.25) is 0 Å². The molecule has 0 aromatic heterocycles. The van der Waals surface area contributed by atoms with Gasteiger partial charge in [0.1, 0.15) is 0 Å². The Balaban J connectivity index is 1.65. The molecule has 0 spiro atoms. The van der Waals surface area contributed by atoms with E-state index in [1.54, 1.807) is 18.2 Å². The first-order valence-corrected chi connectivity index (χ1v) is 8.30. The van der Waals surface area contributed by atoms with Gasteiger partial charge >= 0.3 is 11.8 Å². The molecule has 25 heavy (non-hydrogen) atoms. The molecule has 6 heteroatoms. The average molecular weight is 396 g/mol. The van der Waals surface area contributed by atoms with E-state index in [9.17, 15) is 9.59 Å². The zero-order chi connectivity index (χ0) is 17.6. The SMILES string of the molecule is O=C(N/N=C\c1cccc2ccccc12)C(=O)Nc1cccc(Br)c1. The lowest BCUT2D eigenvalue weighted by atomic mass is 10.1. The number of nitrogens with zero attached hydrogens (tertiary/aromatic N) is 1. The Bertz CT molecular complexity index is 964. The lowest BCUT2D eigenvalue weighted by molar-refractivity contribution is -0.136. The van der Waals surface area contributed by atoms with E-state index in [1.807, 2.05) is 48.5 Å². The predicted octanol–water partition coefficient (Wildman–Crippen LogP) is 3.69. The van der Waals surface area contributed by atoms with E-state index in [-0.39, 0.29) is 0 Å². The molecule has 5 nitrogen and oxygen atoms in total. The van der Waals surface area contributed by atoms with Gasteiger partial charge in [-0.3, -0.25) is 9.59 Å². The third-order valence-electron chi connectivity index (χ3n) is 3.48. The highest BCUT2D eigenvalue weighted by molar-refractivity contribution is 9.10. The fourth-order valence-corrected chi connectivity index (χ4v) is 2.73. The van der Waals surface area contributed by atoms with Crippen molar-refractivity contribution in [3.05, 3.63) is 76.8 Å². The molecular weight excluding hydrogens is 382 g/mol. The number of hydrogen-bond donors (Lipinski definition) is 2. The lowest BCUT2D eigenvalue weighted by Crippen LogP contribution is -2.32. The fraction of sp³-hybridized carbons (Fsp3) is 0. The predicted molar refractivity (Wildman–Crippen MR) is 102 cm³/mol. The minimum atomic E-state index is -0.837. The molecule has 0 fully saturated rings. The van der Waals surface area contributed by atoms with Gasteiger partial charge in [0.15, 0.2) is 0 Å². The van der Waals surface area contributed by atoms with Gasteiger partial charge in [0.2, 0.25) is 0 Å². The number of hydrogen-bond acceptors (Lipinski definition) is 3. The Labute approximate surface area is 152 Å². The molecule has 0 atom stereocenters. The summed E-state index contributed by atoms with van der Waals surface area (Å²) in [5, 5.41) is 8.47. The molecule has 2 N–H and O–H groups in total. The summed E-state index contributed by atoms with van der Waals surface area (Å²) in [6, 6.07) is 20.6. The van der Waals surface area contributed by atoms with Crippen LogP contribution in [-0.4, -0.2) is 18.0 Å². The second-order valence-corrected chi connectivity index (χ2v) is 6.15. The Morgan fingerprint density at radius 3 is 2.52 bits per heavy atom. The zero-order valence-electron chi connectivity index (χ0n) is 13.1. The van der Waals surface area contributed by atoms with Gasteiger partial charge in [-0.25, -0.2) is 5.43 Å². The van der Waals surface area contributed by atoms with E-state index >= 15 is 0 Å². The fourth-order valence-electron chi connectivity index (χ4n) is 2.33. The van der Waals surface area contributed by atoms with E-state index in [0.717, 1.165) is 20.8 Å². The number of carbonyl (C=O) groups is 2. The molecular formula is C19H14BrN3O2. The number of fused-ring (bicyclic) bond motifs is 1. The van der Waals surface area contributed by atoms with Crippen LogP contribution in [0.4, 0.5) is 5.69 Å². The van der Waals surface area contributed by atoms with Gasteiger partial charge in [-0.2, -0.15) is 5.10 Å². The molecule has 0 aliphatic carbocycles. The van der Waals surface area contributed by atoms with E-state index in [0.29, 0.717) is 5.69 Å². The highest BCUT2D eigenvalue weighted by Gasteiger charge is 2.12. The summed E-state index contributed by atoms with van der Waals surface area (Å²) in [7, 11) is 0. The van der Waals surface area contributed by atoms with Gasteiger partial charge in [0, 0.05) is 15.7 Å². The number of anilines is 1. The maximum absolute atomic E-state index is 11.9. The van der Waals surface area contributed by atoms with Crippen molar-refractivity contribution in [2.45, 2.75) is 0 Å². The van der Waals surface area contributed by atoms with Gasteiger partial charge < -0.3 is 5.32 Å². The first-order valence-electron chi connectivity index (χ1n) is 7.51. The number of amides is 2. The van der Waals surface area contributed by atoms with Crippen LogP contribution >= 0.6 is 15.9 Å². The molecule has 0 heterocycles. The minimum Gasteiger partial charge on any atom is -0.318 e. The summed E-state index contributed by atoms with van der Waals surface area (Å²) in [4.78, 5) is 23.7. The Morgan fingerprint density at radius 1 is 0.920 bits per heavy atom. The number of hydrazone groups is 1. The smallest absolute Gasteiger partial charge is 0.318 e. The topological polar surface area (TPSA) is 70.6 Å². The van der Waals surface area contributed by atoms with Crippen LogP contribution in [0.25, 0.3) is 10.8 Å². The van der Waals surface area contributed by atoms with Gasteiger partial charge in [0.05, 0.1) is 6.21 Å². The number of carbonyl (C=O) groups excluding carboxylic acids is 2. The van der Waals surface area contributed by atoms with Crippen LogP contribution in [0.1, 0.15) is 5.56 Å². The van der Waals surface area contributed by atoms with Crippen molar-refractivity contribution in [3.63, 3.8) is 0 Å². The summed E-state index contributed by atoms with van der Waals surface area (Å²) in [5.41, 5.74) is 3.61.